The lowest BCUT2D eigenvalue weighted by molar-refractivity contribution is 1.47. The Morgan fingerprint density at radius 3 is 2.50 bits per heavy atom. The number of halogens is 1. The summed E-state index contributed by atoms with van der Waals surface area (Å²) >= 11 is 6.15. The zero-order valence-electron chi connectivity index (χ0n) is 8.26. The Bertz CT molecular complexity index is 503. The lowest BCUT2D eigenvalue weighted by Gasteiger charge is -2.08. The molecular formula is C12H12ClN. The van der Waals surface area contributed by atoms with Crippen molar-refractivity contribution in [1.29, 1.82) is 0 Å². The van der Waals surface area contributed by atoms with Crippen LogP contribution in [-0.2, 0) is 0 Å². The van der Waals surface area contributed by atoms with Crippen LogP contribution >= 0.6 is 11.6 Å². The molecule has 0 spiro atoms. The zero-order valence-corrected chi connectivity index (χ0v) is 9.02. The summed E-state index contributed by atoms with van der Waals surface area (Å²) in [5.74, 6) is 0. The third-order valence-corrected chi connectivity index (χ3v) is 2.80. The normalized spacial score (nSPS) is 10.8. The van der Waals surface area contributed by atoms with Gasteiger partial charge in [-0.3, -0.25) is 0 Å². The maximum Gasteiger partial charge on any atom is 0.0488 e. The first-order valence-electron chi connectivity index (χ1n) is 4.54. The van der Waals surface area contributed by atoms with E-state index in [1.54, 1.807) is 0 Å². The summed E-state index contributed by atoms with van der Waals surface area (Å²) in [5.41, 5.74) is 9.03. The summed E-state index contributed by atoms with van der Waals surface area (Å²) in [6, 6.07) is 8.06. The van der Waals surface area contributed by atoms with Crippen molar-refractivity contribution < 1.29 is 0 Å². The van der Waals surface area contributed by atoms with E-state index in [-0.39, 0.29) is 0 Å². The Morgan fingerprint density at radius 2 is 1.79 bits per heavy atom. The van der Waals surface area contributed by atoms with Crippen LogP contribution in [0.2, 0.25) is 5.02 Å². The number of anilines is 1. The molecule has 0 unspecified atom stereocenters. The molecule has 2 aromatic rings. The SMILES string of the molecule is Cc1ccc2c(N)c(C)cc(Cl)c2c1. The van der Waals surface area contributed by atoms with E-state index >= 15 is 0 Å². The number of fused-ring (bicyclic) bond motifs is 1. The van der Waals surface area contributed by atoms with Crippen LogP contribution in [0.3, 0.4) is 0 Å². The molecule has 0 heterocycles. The third kappa shape index (κ3) is 1.34. The molecule has 0 radical (unpaired) electrons. The van der Waals surface area contributed by atoms with Crippen LogP contribution in [0.5, 0.6) is 0 Å². The maximum absolute atomic E-state index is 6.15. The molecule has 1 nitrogen and oxygen atoms in total. The Balaban J connectivity index is 2.94. The van der Waals surface area contributed by atoms with E-state index < -0.39 is 0 Å². The molecule has 14 heavy (non-hydrogen) atoms. The van der Waals surface area contributed by atoms with E-state index in [0.29, 0.717) is 0 Å². The molecule has 0 bridgehead atoms. The largest absolute Gasteiger partial charge is 0.398 e. The quantitative estimate of drug-likeness (QED) is 0.653. The second-order valence-corrected chi connectivity index (χ2v) is 4.05. The minimum atomic E-state index is 0.774. The molecule has 0 amide bonds. The number of hydrogen-bond donors (Lipinski definition) is 1. The minimum Gasteiger partial charge on any atom is -0.398 e. The summed E-state index contributed by atoms with van der Waals surface area (Å²) in [6.45, 7) is 4.02. The molecule has 0 fully saturated rings. The molecule has 2 heteroatoms. The van der Waals surface area contributed by atoms with E-state index in [1.165, 1.54) is 5.56 Å². The van der Waals surface area contributed by atoms with Crippen molar-refractivity contribution in [3.05, 3.63) is 40.4 Å². The number of rotatable bonds is 0. The van der Waals surface area contributed by atoms with Crippen LogP contribution in [0.1, 0.15) is 11.1 Å². The van der Waals surface area contributed by atoms with Crippen LogP contribution in [0.4, 0.5) is 5.69 Å². The van der Waals surface area contributed by atoms with E-state index in [1.807, 2.05) is 26.0 Å². The molecule has 0 saturated carbocycles. The minimum absolute atomic E-state index is 0.774. The van der Waals surface area contributed by atoms with Gasteiger partial charge >= 0.3 is 0 Å². The van der Waals surface area contributed by atoms with Crippen LogP contribution in [0, 0.1) is 13.8 Å². The lowest BCUT2D eigenvalue weighted by Crippen LogP contribution is -1.92. The van der Waals surface area contributed by atoms with Gasteiger partial charge in [0.05, 0.1) is 0 Å². The Kier molecular flexibility index (Phi) is 2.12. The molecule has 2 N–H and O–H groups in total. The number of aryl methyl sites for hydroxylation is 2. The van der Waals surface area contributed by atoms with E-state index in [0.717, 1.165) is 27.0 Å². The number of nitrogen functional groups attached to an aromatic ring is 1. The monoisotopic (exact) mass is 205 g/mol. The Morgan fingerprint density at radius 1 is 1.07 bits per heavy atom. The standard InChI is InChI=1S/C12H12ClN/c1-7-3-4-9-10(5-7)11(13)6-8(2)12(9)14/h3-6H,14H2,1-2H3. The summed E-state index contributed by atoms with van der Waals surface area (Å²) in [5, 5.41) is 2.85. The average molecular weight is 206 g/mol. The van der Waals surface area contributed by atoms with E-state index in [9.17, 15) is 0 Å². The highest BCUT2D eigenvalue weighted by molar-refractivity contribution is 6.36. The van der Waals surface area contributed by atoms with Crippen LogP contribution < -0.4 is 5.73 Å². The summed E-state index contributed by atoms with van der Waals surface area (Å²) in [7, 11) is 0. The molecule has 0 aliphatic rings. The van der Waals surface area contributed by atoms with Crippen LogP contribution in [0.25, 0.3) is 10.8 Å². The van der Waals surface area contributed by atoms with Crippen molar-refractivity contribution in [2.75, 3.05) is 5.73 Å². The zero-order chi connectivity index (χ0) is 10.3. The van der Waals surface area contributed by atoms with Gasteiger partial charge in [0.25, 0.3) is 0 Å². The predicted molar refractivity (Wildman–Crippen MR) is 62.8 cm³/mol. The van der Waals surface area contributed by atoms with Crippen LogP contribution in [0.15, 0.2) is 24.3 Å². The first-order valence-corrected chi connectivity index (χ1v) is 4.92. The summed E-state index contributed by atoms with van der Waals surface area (Å²) in [4.78, 5) is 0. The van der Waals surface area contributed by atoms with Crippen molar-refractivity contribution in [3.63, 3.8) is 0 Å². The molecule has 0 saturated heterocycles. The van der Waals surface area contributed by atoms with Gasteiger partial charge in [0.1, 0.15) is 0 Å². The summed E-state index contributed by atoms with van der Waals surface area (Å²) in [6.07, 6.45) is 0. The number of hydrogen-bond acceptors (Lipinski definition) is 1. The second-order valence-electron chi connectivity index (χ2n) is 3.64. The van der Waals surface area contributed by atoms with Crippen molar-refractivity contribution >= 4 is 28.1 Å². The predicted octanol–water partition coefficient (Wildman–Crippen LogP) is 3.69. The fourth-order valence-corrected chi connectivity index (χ4v) is 1.97. The highest BCUT2D eigenvalue weighted by Crippen LogP contribution is 2.31. The Labute approximate surface area is 88.5 Å². The smallest absolute Gasteiger partial charge is 0.0488 e. The molecular weight excluding hydrogens is 194 g/mol. The number of benzene rings is 2. The van der Waals surface area contributed by atoms with Gasteiger partial charge in [-0.05, 0) is 31.5 Å². The van der Waals surface area contributed by atoms with Gasteiger partial charge in [-0.2, -0.15) is 0 Å². The third-order valence-electron chi connectivity index (χ3n) is 2.49. The molecule has 2 aromatic carbocycles. The molecule has 72 valence electrons. The highest BCUT2D eigenvalue weighted by Gasteiger charge is 2.05. The van der Waals surface area contributed by atoms with Gasteiger partial charge in [0.15, 0.2) is 0 Å². The lowest BCUT2D eigenvalue weighted by atomic mass is 10.0. The van der Waals surface area contributed by atoms with Crippen LogP contribution in [-0.4, -0.2) is 0 Å². The van der Waals surface area contributed by atoms with Gasteiger partial charge in [-0.25, -0.2) is 0 Å². The van der Waals surface area contributed by atoms with Crippen molar-refractivity contribution in [2.45, 2.75) is 13.8 Å². The fourth-order valence-electron chi connectivity index (χ4n) is 1.65. The average Bonchev–Trinajstić information content (AvgIpc) is 2.14. The van der Waals surface area contributed by atoms with Gasteiger partial charge in [0.2, 0.25) is 0 Å². The van der Waals surface area contributed by atoms with Gasteiger partial charge < -0.3 is 5.73 Å². The number of nitrogens with two attached hydrogens (primary N) is 1. The molecule has 2 rings (SSSR count). The molecule has 0 aliphatic carbocycles. The first kappa shape index (κ1) is 9.35. The van der Waals surface area contributed by atoms with Crippen molar-refractivity contribution in [3.8, 4) is 0 Å². The van der Waals surface area contributed by atoms with E-state index in [2.05, 4.69) is 12.1 Å². The topological polar surface area (TPSA) is 26.0 Å². The molecule has 0 atom stereocenters. The highest BCUT2D eigenvalue weighted by atomic mass is 35.5. The van der Waals surface area contributed by atoms with E-state index in [4.69, 9.17) is 17.3 Å². The first-order chi connectivity index (χ1) is 6.59. The van der Waals surface area contributed by atoms with Gasteiger partial charge in [-0.15, -0.1) is 0 Å². The molecule has 0 aromatic heterocycles. The molecule has 0 aliphatic heterocycles. The van der Waals surface area contributed by atoms with Crippen molar-refractivity contribution in [2.24, 2.45) is 0 Å². The van der Waals surface area contributed by atoms with Gasteiger partial charge in [-0.1, -0.05) is 29.3 Å². The summed E-state index contributed by atoms with van der Waals surface area (Å²) < 4.78 is 0. The van der Waals surface area contributed by atoms with Crippen molar-refractivity contribution in [1.82, 2.24) is 0 Å². The second kappa shape index (κ2) is 3.18. The maximum atomic E-state index is 6.15. The fraction of sp³-hybridized carbons (Fsp3) is 0.167. The van der Waals surface area contributed by atoms with Gasteiger partial charge in [0, 0.05) is 21.5 Å². The Hall–Kier alpha value is -1.21.